The minimum atomic E-state index is -0.0427. The third-order valence-electron chi connectivity index (χ3n) is 5.20. The van der Waals surface area contributed by atoms with Crippen LogP contribution < -0.4 is 14.4 Å². The largest absolute Gasteiger partial charge is 0.493 e. The van der Waals surface area contributed by atoms with Crippen molar-refractivity contribution in [3.63, 3.8) is 0 Å². The van der Waals surface area contributed by atoms with E-state index < -0.39 is 0 Å². The summed E-state index contributed by atoms with van der Waals surface area (Å²) in [7, 11) is 1.59. The first-order valence-corrected chi connectivity index (χ1v) is 10.2. The van der Waals surface area contributed by atoms with Crippen molar-refractivity contribution in [3.8, 4) is 22.9 Å². The van der Waals surface area contributed by atoms with Crippen LogP contribution in [0, 0.1) is 6.92 Å². The van der Waals surface area contributed by atoms with Crippen LogP contribution in [0.15, 0.2) is 54.7 Å². The molecule has 4 rings (SSSR count). The average Bonchev–Trinajstić information content (AvgIpc) is 2.83. The van der Waals surface area contributed by atoms with Gasteiger partial charge in [-0.15, -0.1) is 10.2 Å². The van der Waals surface area contributed by atoms with E-state index in [1.807, 2.05) is 60.4 Å². The van der Waals surface area contributed by atoms with Crippen LogP contribution in [0.1, 0.15) is 5.56 Å². The van der Waals surface area contributed by atoms with Crippen molar-refractivity contribution in [1.82, 2.24) is 20.1 Å². The van der Waals surface area contributed by atoms with Gasteiger partial charge >= 0.3 is 0 Å². The third-order valence-corrected chi connectivity index (χ3v) is 5.20. The Bertz CT molecular complexity index is 1020. The van der Waals surface area contributed by atoms with Gasteiger partial charge in [0.05, 0.1) is 12.8 Å². The van der Waals surface area contributed by atoms with E-state index in [9.17, 15) is 4.79 Å². The van der Waals surface area contributed by atoms with Gasteiger partial charge in [-0.2, -0.15) is 0 Å². The molecule has 1 aliphatic rings. The van der Waals surface area contributed by atoms with Crippen LogP contribution in [0.4, 0.5) is 5.82 Å². The van der Waals surface area contributed by atoms with Gasteiger partial charge in [-0.25, -0.2) is 0 Å². The number of hydrogen-bond donors (Lipinski definition) is 0. The van der Waals surface area contributed by atoms with Gasteiger partial charge in [0.2, 0.25) is 0 Å². The molecule has 1 aliphatic heterocycles. The molecule has 0 unspecified atom stereocenters. The SMILES string of the molecule is COc1cc(C)ccc1OCC(=O)N1CCN(c2ccc(-c3ccccn3)nn2)CC1. The molecular weight excluding hydrogens is 394 g/mol. The number of nitrogens with zero attached hydrogens (tertiary/aromatic N) is 5. The normalized spacial score (nSPS) is 13.7. The molecule has 3 aromatic rings. The fraction of sp³-hybridized carbons (Fsp3) is 0.304. The number of benzene rings is 1. The maximum Gasteiger partial charge on any atom is 0.260 e. The molecule has 8 heteroatoms. The van der Waals surface area contributed by atoms with Crippen molar-refractivity contribution in [3.05, 3.63) is 60.3 Å². The molecule has 1 amide bonds. The molecule has 0 saturated carbocycles. The summed E-state index contributed by atoms with van der Waals surface area (Å²) >= 11 is 0. The first-order valence-electron chi connectivity index (χ1n) is 10.2. The molecule has 160 valence electrons. The zero-order valence-corrected chi connectivity index (χ0v) is 17.7. The van der Waals surface area contributed by atoms with E-state index in [0.717, 1.165) is 22.8 Å². The Labute approximate surface area is 181 Å². The molecule has 31 heavy (non-hydrogen) atoms. The number of hydrogen-bond acceptors (Lipinski definition) is 7. The standard InChI is InChI=1S/C23H25N5O3/c1-17-6-8-20(21(15-17)30-2)31-16-23(29)28-13-11-27(12-14-28)22-9-7-19(25-26-22)18-5-3-4-10-24-18/h3-10,15H,11-14,16H2,1-2H3. The molecule has 0 atom stereocenters. The van der Waals surface area contributed by atoms with Crippen molar-refractivity contribution in [2.75, 3.05) is 44.8 Å². The Hall–Kier alpha value is -3.68. The minimum Gasteiger partial charge on any atom is -0.493 e. The van der Waals surface area contributed by atoms with E-state index >= 15 is 0 Å². The van der Waals surface area contributed by atoms with Gasteiger partial charge < -0.3 is 19.3 Å². The summed E-state index contributed by atoms with van der Waals surface area (Å²) in [6, 6.07) is 15.2. The van der Waals surface area contributed by atoms with E-state index in [-0.39, 0.29) is 12.5 Å². The summed E-state index contributed by atoms with van der Waals surface area (Å²) in [5.41, 5.74) is 2.60. The lowest BCUT2D eigenvalue weighted by molar-refractivity contribution is -0.133. The number of carbonyl (C=O) groups excluding carboxylic acids is 1. The highest BCUT2D eigenvalue weighted by molar-refractivity contribution is 5.78. The number of anilines is 1. The molecule has 0 aliphatic carbocycles. The lowest BCUT2D eigenvalue weighted by Crippen LogP contribution is -2.50. The Balaban J connectivity index is 1.30. The maximum atomic E-state index is 12.6. The van der Waals surface area contributed by atoms with E-state index in [1.165, 1.54) is 0 Å². The van der Waals surface area contributed by atoms with Gasteiger partial charge in [0.1, 0.15) is 5.69 Å². The molecule has 8 nitrogen and oxygen atoms in total. The summed E-state index contributed by atoms with van der Waals surface area (Å²) in [6.45, 7) is 4.56. The van der Waals surface area contributed by atoms with E-state index in [4.69, 9.17) is 9.47 Å². The number of carbonyl (C=O) groups is 1. The monoisotopic (exact) mass is 419 g/mol. The van der Waals surface area contributed by atoms with Crippen LogP contribution in [0.3, 0.4) is 0 Å². The number of pyridine rings is 1. The van der Waals surface area contributed by atoms with Crippen LogP contribution in [-0.4, -0.2) is 65.9 Å². The molecule has 0 bridgehead atoms. The summed E-state index contributed by atoms with van der Waals surface area (Å²) in [6.07, 6.45) is 1.74. The van der Waals surface area contributed by atoms with Crippen molar-refractivity contribution in [2.45, 2.75) is 6.92 Å². The van der Waals surface area contributed by atoms with E-state index in [2.05, 4.69) is 20.1 Å². The van der Waals surface area contributed by atoms with Crippen LogP contribution in [0.5, 0.6) is 11.5 Å². The highest BCUT2D eigenvalue weighted by Crippen LogP contribution is 2.27. The number of aromatic nitrogens is 3. The highest BCUT2D eigenvalue weighted by Gasteiger charge is 2.23. The Kier molecular flexibility index (Phi) is 6.26. The van der Waals surface area contributed by atoms with Crippen LogP contribution in [0.2, 0.25) is 0 Å². The number of piperazine rings is 1. The van der Waals surface area contributed by atoms with Crippen molar-refractivity contribution in [1.29, 1.82) is 0 Å². The summed E-state index contributed by atoms with van der Waals surface area (Å²) in [5, 5.41) is 8.64. The Morgan fingerprint density at radius 3 is 2.48 bits per heavy atom. The summed E-state index contributed by atoms with van der Waals surface area (Å²) in [5.74, 6) is 1.96. The average molecular weight is 419 g/mol. The zero-order chi connectivity index (χ0) is 21.6. The van der Waals surface area contributed by atoms with Gasteiger partial charge in [-0.05, 0) is 48.9 Å². The molecule has 1 saturated heterocycles. The molecule has 0 spiro atoms. The lowest BCUT2D eigenvalue weighted by atomic mass is 10.2. The predicted octanol–water partition coefficient (Wildman–Crippen LogP) is 2.58. The minimum absolute atomic E-state index is 0.0159. The topological polar surface area (TPSA) is 80.7 Å². The van der Waals surface area contributed by atoms with Gasteiger partial charge in [0.25, 0.3) is 5.91 Å². The number of rotatable bonds is 6. The van der Waals surface area contributed by atoms with Crippen LogP contribution in [-0.2, 0) is 4.79 Å². The fourth-order valence-electron chi connectivity index (χ4n) is 3.45. The fourth-order valence-corrected chi connectivity index (χ4v) is 3.45. The van der Waals surface area contributed by atoms with Crippen molar-refractivity contribution < 1.29 is 14.3 Å². The lowest BCUT2D eigenvalue weighted by Gasteiger charge is -2.35. The molecule has 1 fully saturated rings. The second-order valence-electron chi connectivity index (χ2n) is 7.30. The quantitative estimate of drug-likeness (QED) is 0.607. The second-order valence-corrected chi connectivity index (χ2v) is 7.30. The van der Waals surface area contributed by atoms with Crippen molar-refractivity contribution in [2.24, 2.45) is 0 Å². The van der Waals surface area contributed by atoms with Crippen molar-refractivity contribution >= 4 is 11.7 Å². The van der Waals surface area contributed by atoms with E-state index in [0.29, 0.717) is 37.7 Å². The number of methoxy groups -OCH3 is 1. The first kappa shape index (κ1) is 20.6. The van der Waals surface area contributed by atoms with Crippen LogP contribution >= 0.6 is 0 Å². The van der Waals surface area contributed by atoms with Gasteiger partial charge in [-0.3, -0.25) is 9.78 Å². The molecule has 3 heterocycles. The van der Waals surface area contributed by atoms with Gasteiger partial charge in [0.15, 0.2) is 23.9 Å². The first-order chi connectivity index (χ1) is 15.1. The van der Waals surface area contributed by atoms with Gasteiger partial charge in [-0.1, -0.05) is 12.1 Å². The maximum absolute atomic E-state index is 12.6. The third kappa shape index (κ3) is 4.91. The molecule has 2 aromatic heterocycles. The van der Waals surface area contributed by atoms with E-state index in [1.54, 1.807) is 13.3 Å². The Morgan fingerprint density at radius 1 is 0.968 bits per heavy atom. The predicted molar refractivity (Wildman–Crippen MR) is 117 cm³/mol. The summed E-state index contributed by atoms with van der Waals surface area (Å²) < 4.78 is 11.0. The number of amides is 1. The number of ether oxygens (including phenoxy) is 2. The zero-order valence-electron chi connectivity index (χ0n) is 17.7. The molecular formula is C23H25N5O3. The highest BCUT2D eigenvalue weighted by atomic mass is 16.5. The number of aryl methyl sites for hydroxylation is 1. The molecule has 0 N–H and O–H groups in total. The second kappa shape index (κ2) is 9.42. The summed E-state index contributed by atoms with van der Waals surface area (Å²) in [4.78, 5) is 20.8. The smallest absolute Gasteiger partial charge is 0.260 e. The molecule has 0 radical (unpaired) electrons. The Morgan fingerprint density at radius 2 is 1.81 bits per heavy atom. The molecule has 1 aromatic carbocycles. The van der Waals surface area contributed by atoms with Gasteiger partial charge in [0, 0.05) is 32.4 Å². The van der Waals surface area contributed by atoms with Crippen LogP contribution in [0.25, 0.3) is 11.4 Å².